The number of hydrogen-bond acceptors (Lipinski definition) is 1. The van der Waals surface area contributed by atoms with E-state index in [1.807, 2.05) is 36.4 Å². The fourth-order valence-electron chi connectivity index (χ4n) is 2.24. The first kappa shape index (κ1) is 12.4. The van der Waals surface area contributed by atoms with E-state index in [4.69, 9.17) is 5.11 Å². The number of carboxylic acid groups (broad SMARTS) is 1. The molecule has 0 spiro atoms. The van der Waals surface area contributed by atoms with Crippen LogP contribution in [0.3, 0.4) is 0 Å². The molecular weight excluding hydrogens is 255 g/mol. The van der Waals surface area contributed by atoms with Crippen molar-refractivity contribution in [3.8, 4) is 11.1 Å². The molecule has 0 aliphatic rings. The van der Waals surface area contributed by atoms with E-state index in [-0.39, 0.29) is 5.56 Å². The monoisotopic (exact) mass is 266 g/mol. The first-order valence-corrected chi connectivity index (χ1v) is 6.17. The Hall–Kier alpha value is -2.68. The standard InChI is InChI=1S/C17H11FO2/c18-16-8-7-14(17(19)20)10-15(16)13-6-5-11-3-1-2-4-12(11)9-13/h1-10H,(H,19,20). The topological polar surface area (TPSA) is 37.3 Å². The number of hydrogen-bond donors (Lipinski definition) is 1. The van der Waals surface area contributed by atoms with Crippen molar-refractivity contribution in [1.29, 1.82) is 0 Å². The van der Waals surface area contributed by atoms with Gasteiger partial charge in [0.1, 0.15) is 5.82 Å². The predicted molar refractivity (Wildman–Crippen MR) is 76.3 cm³/mol. The summed E-state index contributed by atoms with van der Waals surface area (Å²) in [5, 5.41) is 11.0. The molecular formula is C17H11FO2. The molecule has 3 heteroatoms. The molecule has 98 valence electrons. The number of carbonyl (C=O) groups is 1. The highest BCUT2D eigenvalue weighted by atomic mass is 19.1. The van der Waals surface area contributed by atoms with E-state index < -0.39 is 11.8 Å². The summed E-state index contributed by atoms with van der Waals surface area (Å²) >= 11 is 0. The SMILES string of the molecule is O=C(O)c1ccc(F)c(-c2ccc3ccccc3c2)c1. The van der Waals surface area contributed by atoms with E-state index in [9.17, 15) is 9.18 Å². The van der Waals surface area contributed by atoms with Gasteiger partial charge in [0, 0.05) is 5.56 Å². The molecule has 3 aromatic rings. The molecule has 0 aliphatic heterocycles. The van der Waals surface area contributed by atoms with Crippen LogP contribution in [0.15, 0.2) is 60.7 Å². The number of rotatable bonds is 2. The zero-order valence-electron chi connectivity index (χ0n) is 10.5. The highest BCUT2D eigenvalue weighted by Crippen LogP contribution is 2.27. The number of carboxylic acids is 1. The Kier molecular flexibility index (Phi) is 2.95. The third kappa shape index (κ3) is 2.14. The zero-order valence-corrected chi connectivity index (χ0v) is 10.5. The van der Waals surface area contributed by atoms with Crippen molar-refractivity contribution in [2.24, 2.45) is 0 Å². The molecule has 3 rings (SSSR count). The molecule has 0 unspecified atom stereocenters. The van der Waals surface area contributed by atoms with Crippen molar-refractivity contribution >= 4 is 16.7 Å². The molecule has 0 bridgehead atoms. The van der Waals surface area contributed by atoms with Gasteiger partial charge in [0.25, 0.3) is 0 Å². The minimum Gasteiger partial charge on any atom is -0.478 e. The molecule has 2 nitrogen and oxygen atoms in total. The summed E-state index contributed by atoms with van der Waals surface area (Å²) < 4.78 is 13.9. The maximum absolute atomic E-state index is 13.9. The van der Waals surface area contributed by atoms with Gasteiger partial charge >= 0.3 is 5.97 Å². The van der Waals surface area contributed by atoms with Gasteiger partial charge in [0.05, 0.1) is 5.56 Å². The summed E-state index contributed by atoms with van der Waals surface area (Å²) in [5.74, 6) is -1.49. The first-order chi connectivity index (χ1) is 9.65. The number of halogens is 1. The third-order valence-electron chi connectivity index (χ3n) is 3.27. The molecule has 0 amide bonds. The van der Waals surface area contributed by atoms with Crippen LogP contribution >= 0.6 is 0 Å². The third-order valence-corrected chi connectivity index (χ3v) is 3.27. The Morgan fingerprint density at radius 3 is 2.40 bits per heavy atom. The normalized spacial score (nSPS) is 10.7. The van der Waals surface area contributed by atoms with Crippen molar-refractivity contribution in [3.05, 3.63) is 72.0 Å². The highest BCUT2D eigenvalue weighted by molar-refractivity contribution is 5.91. The Bertz CT molecular complexity index is 809. The van der Waals surface area contributed by atoms with E-state index in [0.29, 0.717) is 11.1 Å². The summed E-state index contributed by atoms with van der Waals surface area (Å²) in [6.45, 7) is 0. The van der Waals surface area contributed by atoms with Gasteiger partial charge in [0.2, 0.25) is 0 Å². The fourth-order valence-corrected chi connectivity index (χ4v) is 2.24. The van der Waals surface area contributed by atoms with E-state index in [0.717, 1.165) is 10.8 Å². The fraction of sp³-hybridized carbons (Fsp3) is 0. The van der Waals surface area contributed by atoms with E-state index >= 15 is 0 Å². The molecule has 0 aromatic heterocycles. The molecule has 0 fully saturated rings. The van der Waals surface area contributed by atoms with Crippen molar-refractivity contribution in [1.82, 2.24) is 0 Å². The second kappa shape index (κ2) is 4.78. The maximum atomic E-state index is 13.9. The number of fused-ring (bicyclic) bond motifs is 1. The molecule has 0 saturated heterocycles. The minimum atomic E-state index is -1.06. The van der Waals surface area contributed by atoms with Gasteiger partial charge < -0.3 is 5.11 Å². The molecule has 3 aromatic carbocycles. The number of benzene rings is 3. The zero-order chi connectivity index (χ0) is 14.1. The first-order valence-electron chi connectivity index (χ1n) is 6.17. The van der Waals surface area contributed by atoms with Gasteiger partial charge in [-0.05, 0) is 40.6 Å². The van der Waals surface area contributed by atoms with Gasteiger partial charge in [-0.15, -0.1) is 0 Å². The van der Waals surface area contributed by atoms with Gasteiger partial charge in [-0.25, -0.2) is 9.18 Å². The Morgan fingerprint density at radius 2 is 1.65 bits per heavy atom. The molecule has 0 atom stereocenters. The molecule has 0 radical (unpaired) electrons. The number of aromatic carboxylic acids is 1. The van der Waals surface area contributed by atoms with E-state index in [2.05, 4.69) is 0 Å². The largest absolute Gasteiger partial charge is 0.478 e. The van der Waals surface area contributed by atoms with Crippen LogP contribution in [0.5, 0.6) is 0 Å². The van der Waals surface area contributed by atoms with Crippen LogP contribution in [0, 0.1) is 5.82 Å². The van der Waals surface area contributed by atoms with Crippen molar-refractivity contribution in [3.63, 3.8) is 0 Å². The second-order valence-corrected chi connectivity index (χ2v) is 4.56. The molecule has 20 heavy (non-hydrogen) atoms. The van der Waals surface area contributed by atoms with Gasteiger partial charge in [-0.1, -0.05) is 36.4 Å². The maximum Gasteiger partial charge on any atom is 0.335 e. The van der Waals surface area contributed by atoms with Crippen LogP contribution in [-0.2, 0) is 0 Å². The molecule has 0 aliphatic carbocycles. The van der Waals surface area contributed by atoms with Crippen molar-refractivity contribution in [2.75, 3.05) is 0 Å². The van der Waals surface area contributed by atoms with Crippen LogP contribution in [-0.4, -0.2) is 11.1 Å². The Morgan fingerprint density at radius 1 is 0.900 bits per heavy atom. The summed E-state index contributed by atoms with van der Waals surface area (Å²) in [7, 11) is 0. The molecule has 0 saturated carbocycles. The second-order valence-electron chi connectivity index (χ2n) is 4.56. The lowest BCUT2D eigenvalue weighted by Gasteiger charge is -2.06. The lowest BCUT2D eigenvalue weighted by molar-refractivity contribution is 0.0697. The molecule has 1 N–H and O–H groups in total. The smallest absolute Gasteiger partial charge is 0.335 e. The quantitative estimate of drug-likeness (QED) is 0.749. The van der Waals surface area contributed by atoms with Crippen LogP contribution in [0.2, 0.25) is 0 Å². The van der Waals surface area contributed by atoms with Gasteiger partial charge in [-0.2, -0.15) is 0 Å². The average Bonchev–Trinajstić information content (AvgIpc) is 2.47. The summed E-state index contributed by atoms with van der Waals surface area (Å²) in [4.78, 5) is 11.0. The van der Waals surface area contributed by atoms with E-state index in [1.165, 1.54) is 18.2 Å². The van der Waals surface area contributed by atoms with Gasteiger partial charge in [0.15, 0.2) is 0 Å². The van der Waals surface area contributed by atoms with Crippen LogP contribution in [0.1, 0.15) is 10.4 Å². The highest BCUT2D eigenvalue weighted by Gasteiger charge is 2.10. The molecule has 0 heterocycles. The minimum absolute atomic E-state index is 0.0783. The summed E-state index contributed by atoms with van der Waals surface area (Å²) in [5.41, 5.74) is 1.05. The summed E-state index contributed by atoms with van der Waals surface area (Å²) in [6.07, 6.45) is 0. The van der Waals surface area contributed by atoms with Crippen molar-refractivity contribution in [2.45, 2.75) is 0 Å². The van der Waals surface area contributed by atoms with Crippen LogP contribution in [0.4, 0.5) is 4.39 Å². The average molecular weight is 266 g/mol. The Balaban J connectivity index is 2.19. The Labute approximate surface area is 115 Å². The van der Waals surface area contributed by atoms with Crippen molar-refractivity contribution < 1.29 is 14.3 Å². The predicted octanol–water partition coefficient (Wildman–Crippen LogP) is 4.34. The summed E-state index contributed by atoms with van der Waals surface area (Å²) in [6, 6.07) is 17.1. The lowest BCUT2D eigenvalue weighted by atomic mass is 9.99. The van der Waals surface area contributed by atoms with Crippen LogP contribution in [0.25, 0.3) is 21.9 Å². The van der Waals surface area contributed by atoms with E-state index in [1.54, 1.807) is 6.07 Å². The van der Waals surface area contributed by atoms with Crippen LogP contribution < -0.4 is 0 Å². The van der Waals surface area contributed by atoms with Gasteiger partial charge in [-0.3, -0.25) is 0 Å². The lowest BCUT2D eigenvalue weighted by Crippen LogP contribution is -1.97.